The number of carbonyl (C=O) groups excluding carboxylic acids is 1. The average molecular weight is 399 g/mol. The van der Waals surface area contributed by atoms with Gasteiger partial charge in [-0.15, -0.1) is 0 Å². The second-order valence-electron chi connectivity index (χ2n) is 7.82. The van der Waals surface area contributed by atoms with Crippen LogP contribution >= 0.6 is 0 Å². The van der Waals surface area contributed by atoms with Crippen molar-refractivity contribution >= 4 is 16.9 Å². The Morgan fingerprint density at radius 3 is 2.55 bits per heavy atom. The molecule has 0 spiro atoms. The molecule has 3 aromatic heterocycles. The molecular formula is C20H25N5O4. The highest BCUT2D eigenvalue weighted by Gasteiger charge is 2.21. The fourth-order valence-electron chi connectivity index (χ4n) is 3.07. The smallest absolute Gasteiger partial charge is 0.330 e. The molecule has 154 valence electrons. The van der Waals surface area contributed by atoms with Crippen LogP contribution in [0.4, 0.5) is 0 Å². The molecule has 0 aromatic carbocycles. The van der Waals surface area contributed by atoms with Crippen molar-refractivity contribution in [1.82, 2.24) is 25.0 Å². The molecule has 0 saturated heterocycles. The molecule has 0 unspecified atom stereocenters. The number of rotatable bonds is 6. The zero-order valence-corrected chi connectivity index (χ0v) is 17.2. The Morgan fingerprint density at radius 1 is 1.24 bits per heavy atom. The average Bonchev–Trinajstić information content (AvgIpc) is 3.07. The Balaban J connectivity index is 2.15. The Kier molecular flexibility index (Phi) is 5.67. The second-order valence-corrected chi connectivity index (χ2v) is 7.82. The SMILES string of the molecule is Cc1cc(CNC(=O)c2cc(C(C)C)nc3c2c(=O)[nH]c(=O)n3CC(C)C)no1. The Morgan fingerprint density at radius 2 is 1.97 bits per heavy atom. The van der Waals surface area contributed by atoms with Crippen LogP contribution in [0.1, 0.15) is 61.1 Å². The first-order valence-corrected chi connectivity index (χ1v) is 9.55. The third kappa shape index (κ3) is 4.28. The zero-order chi connectivity index (χ0) is 21.3. The maximum atomic E-state index is 12.9. The van der Waals surface area contributed by atoms with Gasteiger partial charge in [-0.25, -0.2) is 9.78 Å². The summed E-state index contributed by atoms with van der Waals surface area (Å²) < 4.78 is 6.43. The molecule has 3 aromatic rings. The van der Waals surface area contributed by atoms with E-state index in [4.69, 9.17) is 4.52 Å². The molecule has 0 aliphatic heterocycles. The van der Waals surface area contributed by atoms with Crippen LogP contribution in [0.5, 0.6) is 0 Å². The third-order valence-corrected chi connectivity index (χ3v) is 4.46. The molecule has 3 heterocycles. The van der Waals surface area contributed by atoms with Gasteiger partial charge in [0.1, 0.15) is 11.5 Å². The van der Waals surface area contributed by atoms with E-state index < -0.39 is 17.2 Å². The summed E-state index contributed by atoms with van der Waals surface area (Å²) in [6.45, 7) is 10.1. The van der Waals surface area contributed by atoms with Crippen LogP contribution in [0.2, 0.25) is 0 Å². The van der Waals surface area contributed by atoms with Gasteiger partial charge in [0.15, 0.2) is 5.65 Å². The molecule has 2 N–H and O–H groups in total. The number of nitrogens with one attached hydrogen (secondary N) is 2. The predicted molar refractivity (Wildman–Crippen MR) is 108 cm³/mol. The minimum absolute atomic E-state index is 0.00558. The summed E-state index contributed by atoms with van der Waals surface area (Å²) in [4.78, 5) is 44.8. The molecule has 9 heteroatoms. The van der Waals surface area contributed by atoms with Crippen molar-refractivity contribution in [3.63, 3.8) is 0 Å². The van der Waals surface area contributed by atoms with Gasteiger partial charge >= 0.3 is 5.69 Å². The molecule has 9 nitrogen and oxygen atoms in total. The molecule has 0 bridgehead atoms. The first-order chi connectivity index (χ1) is 13.7. The summed E-state index contributed by atoms with van der Waals surface area (Å²) in [5.74, 6) is 0.352. The number of fused-ring (bicyclic) bond motifs is 1. The lowest BCUT2D eigenvalue weighted by Crippen LogP contribution is -2.34. The van der Waals surface area contributed by atoms with Gasteiger partial charge in [-0.1, -0.05) is 32.9 Å². The maximum absolute atomic E-state index is 12.9. The zero-order valence-electron chi connectivity index (χ0n) is 17.2. The van der Waals surface area contributed by atoms with Gasteiger partial charge in [0.25, 0.3) is 11.5 Å². The molecular weight excluding hydrogens is 374 g/mol. The van der Waals surface area contributed by atoms with Gasteiger partial charge in [-0.2, -0.15) is 0 Å². The highest BCUT2D eigenvalue weighted by atomic mass is 16.5. The second kappa shape index (κ2) is 8.02. The van der Waals surface area contributed by atoms with Crippen LogP contribution in [0, 0.1) is 12.8 Å². The van der Waals surface area contributed by atoms with E-state index in [1.807, 2.05) is 27.7 Å². The van der Waals surface area contributed by atoms with E-state index in [0.717, 1.165) is 0 Å². The predicted octanol–water partition coefficient (Wildman–Crippen LogP) is 2.09. The lowest BCUT2D eigenvalue weighted by Gasteiger charge is -2.15. The van der Waals surface area contributed by atoms with Crippen molar-refractivity contribution in [2.45, 2.75) is 53.6 Å². The van der Waals surface area contributed by atoms with Gasteiger partial charge in [-0.05, 0) is 24.8 Å². The van der Waals surface area contributed by atoms with E-state index in [1.165, 1.54) is 4.57 Å². The number of pyridine rings is 1. The molecule has 29 heavy (non-hydrogen) atoms. The molecule has 0 aliphatic rings. The van der Waals surface area contributed by atoms with Gasteiger partial charge in [0, 0.05) is 18.3 Å². The van der Waals surface area contributed by atoms with Gasteiger partial charge in [0.2, 0.25) is 0 Å². The summed E-state index contributed by atoms with van der Waals surface area (Å²) in [7, 11) is 0. The lowest BCUT2D eigenvalue weighted by molar-refractivity contribution is 0.0951. The first kappa shape index (κ1) is 20.5. The van der Waals surface area contributed by atoms with E-state index >= 15 is 0 Å². The van der Waals surface area contributed by atoms with Crippen molar-refractivity contribution in [2.75, 3.05) is 0 Å². The van der Waals surface area contributed by atoms with Crippen LogP contribution in [-0.2, 0) is 13.1 Å². The van der Waals surface area contributed by atoms with Crippen molar-refractivity contribution in [1.29, 1.82) is 0 Å². The minimum atomic E-state index is -0.629. The molecule has 0 saturated carbocycles. The Labute approximate surface area is 167 Å². The highest BCUT2D eigenvalue weighted by Crippen LogP contribution is 2.20. The number of nitrogens with zero attached hydrogens (tertiary/aromatic N) is 3. The number of aromatic amines is 1. The summed E-state index contributed by atoms with van der Waals surface area (Å²) >= 11 is 0. The van der Waals surface area contributed by atoms with Crippen LogP contribution in [0.25, 0.3) is 11.0 Å². The first-order valence-electron chi connectivity index (χ1n) is 9.55. The summed E-state index contributed by atoms with van der Waals surface area (Å²) in [6, 6.07) is 3.33. The molecule has 0 atom stereocenters. The quantitative estimate of drug-likeness (QED) is 0.654. The van der Waals surface area contributed by atoms with Crippen LogP contribution in [0.15, 0.2) is 26.2 Å². The summed E-state index contributed by atoms with van der Waals surface area (Å²) in [5.41, 5.74) is 0.439. The summed E-state index contributed by atoms with van der Waals surface area (Å²) in [6.07, 6.45) is 0. The fourth-order valence-corrected chi connectivity index (χ4v) is 3.07. The van der Waals surface area contributed by atoms with E-state index in [1.54, 1.807) is 19.1 Å². The number of carbonyl (C=O) groups is 1. The number of amides is 1. The van der Waals surface area contributed by atoms with E-state index in [-0.39, 0.29) is 35.0 Å². The molecule has 0 radical (unpaired) electrons. The molecule has 3 rings (SSSR count). The van der Waals surface area contributed by atoms with Crippen LogP contribution < -0.4 is 16.6 Å². The number of aromatic nitrogens is 4. The normalized spacial score (nSPS) is 11.6. The number of aryl methyl sites for hydroxylation is 1. The van der Waals surface area contributed by atoms with Gasteiger partial charge in [0.05, 0.1) is 17.5 Å². The molecule has 0 fully saturated rings. The van der Waals surface area contributed by atoms with Crippen molar-refractivity contribution in [2.24, 2.45) is 5.92 Å². The Bertz CT molecular complexity index is 1170. The topological polar surface area (TPSA) is 123 Å². The van der Waals surface area contributed by atoms with E-state index in [2.05, 4.69) is 20.4 Å². The third-order valence-electron chi connectivity index (χ3n) is 4.46. The van der Waals surface area contributed by atoms with Crippen LogP contribution in [0.3, 0.4) is 0 Å². The van der Waals surface area contributed by atoms with Gasteiger partial charge < -0.3 is 9.84 Å². The monoisotopic (exact) mass is 399 g/mol. The van der Waals surface area contributed by atoms with Crippen LogP contribution in [-0.4, -0.2) is 25.6 Å². The fraction of sp³-hybridized carbons (Fsp3) is 0.450. The lowest BCUT2D eigenvalue weighted by atomic mass is 10.0. The number of H-pyrrole nitrogens is 1. The molecule has 1 amide bonds. The number of hydrogen-bond donors (Lipinski definition) is 2. The van der Waals surface area contributed by atoms with Gasteiger partial charge in [-0.3, -0.25) is 19.1 Å². The van der Waals surface area contributed by atoms with Crippen molar-refractivity contribution < 1.29 is 9.32 Å². The Hall–Kier alpha value is -3.23. The van der Waals surface area contributed by atoms with Crippen molar-refractivity contribution in [3.05, 3.63) is 55.7 Å². The largest absolute Gasteiger partial charge is 0.361 e. The number of hydrogen-bond acceptors (Lipinski definition) is 6. The van der Waals surface area contributed by atoms with E-state index in [9.17, 15) is 14.4 Å². The standard InChI is InChI=1S/C20H25N5O4/c1-10(2)9-25-17-16(19(27)23-20(25)28)14(7-15(22-17)11(3)4)18(26)21-8-13-6-12(5)29-24-13/h6-7,10-11H,8-9H2,1-5H3,(H,21,26)(H,23,27,28). The maximum Gasteiger partial charge on any atom is 0.330 e. The summed E-state index contributed by atoms with van der Waals surface area (Å²) in [5, 5.41) is 6.71. The molecule has 0 aliphatic carbocycles. The van der Waals surface area contributed by atoms with E-state index in [0.29, 0.717) is 23.7 Å². The van der Waals surface area contributed by atoms with Crippen molar-refractivity contribution in [3.8, 4) is 0 Å². The highest BCUT2D eigenvalue weighted by molar-refractivity contribution is 6.05. The minimum Gasteiger partial charge on any atom is -0.361 e.